The predicted molar refractivity (Wildman–Crippen MR) is 57.1 cm³/mol. The fraction of sp³-hybridized carbons (Fsp3) is 0.111. The van der Waals surface area contributed by atoms with Gasteiger partial charge in [0.15, 0.2) is 0 Å². The van der Waals surface area contributed by atoms with Crippen LogP contribution in [0, 0.1) is 6.92 Å². The minimum absolute atomic E-state index is 0.250. The summed E-state index contributed by atoms with van der Waals surface area (Å²) >= 11 is 5.16. The maximum Gasteiger partial charge on any atom is 0.373 e. The Labute approximate surface area is 92.9 Å². The molecular formula is C9H6BrNO2S. The van der Waals surface area contributed by atoms with Crippen molar-refractivity contribution in [2.45, 2.75) is 6.92 Å². The van der Waals surface area contributed by atoms with E-state index in [1.165, 1.54) is 4.70 Å². The minimum Gasteiger partial charge on any atom is -0.251 e. The van der Waals surface area contributed by atoms with Crippen molar-refractivity contribution in [3.63, 3.8) is 0 Å². The van der Waals surface area contributed by atoms with E-state index in [1.807, 2.05) is 13.0 Å². The van der Waals surface area contributed by atoms with Crippen molar-refractivity contribution in [2.75, 3.05) is 0 Å². The summed E-state index contributed by atoms with van der Waals surface area (Å²) in [5.41, 5.74) is 2.15. The number of aryl methyl sites for hydroxylation is 1. The highest BCUT2D eigenvalue weighted by Gasteiger charge is 2.01. The highest BCUT2D eigenvalue weighted by Crippen LogP contribution is 2.28. The highest BCUT2D eigenvalue weighted by molar-refractivity contribution is 9.10. The molecule has 72 valence electrons. The lowest BCUT2D eigenvalue weighted by Crippen LogP contribution is -1.78. The maximum atomic E-state index is 8.12. The van der Waals surface area contributed by atoms with E-state index in [0.717, 1.165) is 15.7 Å². The molecule has 0 aliphatic carbocycles. The first-order valence-corrected chi connectivity index (χ1v) is 5.36. The van der Waals surface area contributed by atoms with Gasteiger partial charge in [-0.05, 0) is 35.0 Å². The third-order valence-corrected chi connectivity index (χ3v) is 3.36. The summed E-state index contributed by atoms with van der Waals surface area (Å²) in [5.74, 6) is 0. The van der Waals surface area contributed by atoms with E-state index in [0.29, 0.717) is 0 Å². The number of fused-ring (bicyclic) bond motifs is 1. The zero-order valence-corrected chi connectivity index (χ0v) is 9.68. The number of hydrogen-bond acceptors (Lipinski definition) is 4. The second-order valence-electron chi connectivity index (χ2n) is 2.47. The fourth-order valence-electron chi connectivity index (χ4n) is 0.981. The largest absolute Gasteiger partial charge is 0.373 e. The van der Waals surface area contributed by atoms with Crippen LogP contribution in [0.5, 0.6) is 0 Å². The Bertz CT molecular complexity index is 475. The van der Waals surface area contributed by atoms with E-state index in [-0.39, 0.29) is 6.15 Å². The molecule has 2 rings (SSSR count). The normalized spacial score (nSPS) is 9.00. The maximum absolute atomic E-state index is 8.12. The molecule has 0 radical (unpaired) electrons. The van der Waals surface area contributed by atoms with Crippen LogP contribution < -0.4 is 0 Å². The Hall–Kier alpha value is -1.03. The Kier molecular flexibility index (Phi) is 3.95. The van der Waals surface area contributed by atoms with Gasteiger partial charge in [0, 0.05) is 11.1 Å². The standard InChI is InChI=1S/C8H6BrNS.CO2/c1-5-2-3-7-8(10-5)6(9)4-11-7;2-1-3/h2-4H,1H3;. The molecule has 0 amide bonds. The summed E-state index contributed by atoms with van der Waals surface area (Å²) in [6, 6.07) is 4.14. The van der Waals surface area contributed by atoms with Crippen molar-refractivity contribution < 1.29 is 9.59 Å². The second kappa shape index (κ2) is 5.00. The third-order valence-electron chi connectivity index (χ3n) is 1.51. The minimum atomic E-state index is 0.250. The predicted octanol–water partition coefficient (Wildman–Crippen LogP) is 2.78. The number of rotatable bonds is 0. The summed E-state index contributed by atoms with van der Waals surface area (Å²) in [5, 5.41) is 2.07. The number of pyridine rings is 1. The molecule has 0 fully saturated rings. The molecule has 0 bridgehead atoms. The lowest BCUT2D eigenvalue weighted by molar-refractivity contribution is -0.191. The molecule has 0 saturated heterocycles. The first-order valence-electron chi connectivity index (χ1n) is 3.68. The fourth-order valence-corrected chi connectivity index (χ4v) is 2.45. The van der Waals surface area contributed by atoms with Gasteiger partial charge in [0.05, 0.1) is 14.7 Å². The van der Waals surface area contributed by atoms with Crippen LogP contribution >= 0.6 is 27.3 Å². The quantitative estimate of drug-likeness (QED) is 0.740. The number of hydrogen-bond donors (Lipinski definition) is 0. The Morgan fingerprint density at radius 2 is 2.07 bits per heavy atom. The highest BCUT2D eigenvalue weighted by atomic mass is 79.9. The second-order valence-corrected chi connectivity index (χ2v) is 4.23. The van der Waals surface area contributed by atoms with E-state index < -0.39 is 0 Å². The molecule has 0 aliphatic heterocycles. The van der Waals surface area contributed by atoms with Crippen LogP contribution in [0.2, 0.25) is 0 Å². The van der Waals surface area contributed by atoms with Crippen molar-refractivity contribution in [3.05, 3.63) is 27.7 Å². The van der Waals surface area contributed by atoms with Crippen molar-refractivity contribution in [1.82, 2.24) is 4.98 Å². The third kappa shape index (κ3) is 2.48. The van der Waals surface area contributed by atoms with Crippen molar-refractivity contribution in [2.24, 2.45) is 0 Å². The van der Waals surface area contributed by atoms with Crippen LogP contribution in [-0.4, -0.2) is 11.1 Å². The molecule has 0 spiro atoms. The van der Waals surface area contributed by atoms with Crippen molar-refractivity contribution >= 4 is 43.6 Å². The van der Waals surface area contributed by atoms with Crippen molar-refractivity contribution in [3.8, 4) is 0 Å². The number of halogens is 1. The first kappa shape index (κ1) is 11.0. The Morgan fingerprint density at radius 1 is 1.43 bits per heavy atom. The van der Waals surface area contributed by atoms with Crippen LogP contribution in [0.15, 0.2) is 22.0 Å². The Balaban J connectivity index is 0.000000293. The number of carbonyl (C=O) groups excluding carboxylic acids is 2. The number of thiophene rings is 1. The van der Waals surface area contributed by atoms with Crippen molar-refractivity contribution in [1.29, 1.82) is 0 Å². The summed E-state index contributed by atoms with van der Waals surface area (Å²) in [6.07, 6.45) is 0.250. The van der Waals surface area contributed by atoms with Gasteiger partial charge in [-0.3, -0.25) is 4.98 Å². The number of aromatic nitrogens is 1. The zero-order chi connectivity index (χ0) is 10.6. The molecule has 2 heterocycles. The van der Waals surface area contributed by atoms with Crippen LogP contribution in [0.1, 0.15) is 5.69 Å². The molecule has 0 atom stereocenters. The van der Waals surface area contributed by atoms with Crippen LogP contribution in [0.4, 0.5) is 0 Å². The molecule has 14 heavy (non-hydrogen) atoms. The lowest BCUT2D eigenvalue weighted by Gasteiger charge is -1.91. The van der Waals surface area contributed by atoms with E-state index in [1.54, 1.807) is 11.3 Å². The van der Waals surface area contributed by atoms with Gasteiger partial charge in [0.1, 0.15) is 0 Å². The molecule has 0 saturated carbocycles. The average Bonchev–Trinajstić information content (AvgIpc) is 2.49. The Morgan fingerprint density at radius 3 is 2.71 bits per heavy atom. The molecular weight excluding hydrogens is 266 g/mol. The van der Waals surface area contributed by atoms with Gasteiger partial charge in [0.25, 0.3) is 0 Å². The van der Waals surface area contributed by atoms with Gasteiger partial charge in [-0.1, -0.05) is 0 Å². The van der Waals surface area contributed by atoms with Crippen LogP contribution in [-0.2, 0) is 9.59 Å². The lowest BCUT2D eigenvalue weighted by atomic mass is 10.3. The molecule has 0 aromatic carbocycles. The molecule has 3 nitrogen and oxygen atoms in total. The molecule has 0 unspecified atom stereocenters. The topological polar surface area (TPSA) is 47.0 Å². The van der Waals surface area contributed by atoms with Gasteiger partial charge >= 0.3 is 6.15 Å². The van der Waals surface area contributed by atoms with Gasteiger partial charge in [0.2, 0.25) is 0 Å². The number of nitrogens with zero attached hydrogens (tertiary/aromatic N) is 1. The smallest absolute Gasteiger partial charge is 0.251 e. The van der Waals surface area contributed by atoms with Gasteiger partial charge in [-0.15, -0.1) is 11.3 Å². The van der Waals surface area contributed by atoms with Gasteiger partial charge < -0.3 is 0 Å². The average molecular weight is 272 g/mol. The summed E-state index contributed by atoms with van der Waals surface area (Å²) in [4.78, 5) is 20.6. The summed E-state index contributed by atoms with van der Waals surface area (Å²) in [6.45, 7) is 2.00. The van der Waals surface area contributed by atoms with Gasteiger partial charge in [-0.2, -0.15) is 9.59 Å². The molecule has 5 heteroatoms. The van der Waals surface area contributed by atoms with Crippen LogP contribution in [0.3, 0.4) is 0 Å². The molecule has 2 aromatic heterocycles. The molecule has 0 N–H and O–H groups in total. The van der Waals surface area contributed by atoms with Gasteiger partial charge in [-0.25, -0.2) is 0 Å². The SMILES string of the molecule is Cc1ccc2scc(Br)c2n1.O=C=O. The molecule has 0 aliphatic rings. The van der Waals surface area contributed by atoms with E-state index >= 15 is 0 Å². The van der Waals surface area contributed by atoms with E-state index in [9.17, 15) is 0 Å². The molecule has 2 aromatic rings. The summed E-state index contributed by atoms with van der Waals surface area (Å²) in [7, 11) is 0. The van der Waals surface area contributed by atoms with E-state index in [2.05, 4.69) is 32.4 Å². The van der Waals surface area contributed by atoms with E-state index in [4.69, 9.17) is 9.59 Å². The monoisotopic (exact) mass is 271 g/mol. The summed E-state index contributed by atoms with van der Waals surface area (Å²) < 4.78 is 2.34. The first-order chi connectivity index (χ1) is 6.69. The zero-order valence-electron chi connectivity index (χ0n) is 7.28. The van der Waals surface area contributed by atoms with Crippen LogP contribution in [0.25, 0.3) is 10.2 Å².